The maximum absolute atomic E-state index is 13.7. The molecule has 1 aliphatic heterocycles. The molecule has 0 aliphatic carbocycles. The molecule has 2 aromatic carbocycles. The van der Waals surface area contributed by atoms with Gasteiger partial charge in [-0.1, -0.05) is 18.2 Å². The van der Waals surface area contributed by atoms with Crippen molar-refractivity contribution in [1.82, 2.24) is 19.8 Å². The molecule has 0 bridgehead atoms. The zero-order valence-corrected chi connectivity index (χ0v) is 19.8. The molecule has 7 heteroatoms. The van der Waals surface area contributed by atoms with Gasteiger partial charge in [0.05, 0.1) is 22.4 Å². The first-order chi connectivity index (χ1) is 15.8. The van der Waals surface area contributed by atoms with E-state index in [2.05, 4.69) is 21.9 Å². The highest BCUT2D eigenvalue weighted by atomic mass is 16.2. The van der Waals surface area contributed by atoms with Gasteiger partial charge in [0.1, 0.15) is 0 Å². The molecule has 4 rings (SSSR count). The number of amides is 2. The fraction of sp³-hybridized carbons (Fsp3) is 0.385. The fourth-order valence-corrected chi connectivity index (χ4v) is 4.26. The summed E-state index contributed by atoms with van der Waals surface area (Å²) >= 11 is 0. The third-order valence-corrected chi connectivity index (χ3v) is 6.31. The minimum atomic E-state index is -0.0475. The number of rotatable bonds is 1. The average molecular weight is 446 g/mol. The summed E-state index contributed by atoms with van der Waals surface area (Å²) in [6, 6.07) is 13.4. The molecule has 0 unspecified atom stereocenters. The molecule has 3 aromatic rings. The molecule has 0 N–H and O–H groups in total. The Bertz CT molecular complexity index is 1190. The van der Waals surface area contributed by atoms with Crippen LogP contribution in [0.3, 0.4) is 0 Å². The standard InChI is InChI=1S/C26H31N5O2/c1-18-19(2)28-24-16-21(10-11-23(24)27-18)26(33)30-15-14-29(4)12-7-13-31(20(3)32)25-9-6-5-8-22(25)17-30/h5-6,8-11,16H,7,12-15,17H2,1-4H3. The van der Waals surface area contributed by atoms with Gasteiger partial charge in [0.2, 0.25) is 5.91 Å². The molecule has 1 aromatic heterocycles. The van der Waals surface area contributed by atoms with E-state index in [1.54, 1.807) is 6.92 Å². The van der Waals surface area contributed by atoms with Crippen molar-refractivity contribution in [3.05, 3.63) is 65.0 Å². The molecule has 2 amide bonds. The van der Waals surface area contributed by atoms with Gasteiger partial charge in [0.25, 0.3) is 5.91 Å². The maximum atomic E-state index is 13.7. The van der Waals surface area contributed by atoms with E-state index < -0.39 is 0 Å². The molecule has 0 radical (unpaired) electrons. The largest absolute Gasteiger partial charge is 0.333 e. The van der Waals surface area contributed by atoms with Crippen LogP contribution in [-0.2, 0) is 11.3 Å². The third kappa shape index (κ3) is 5.03. The lowest BCUT2D eigenvalue weighted by atomic mass is 10.1. The highest BCUT2D eigenvalue weighted by molar-refractivity contribution is 5.97. The lowest BCUT2D eigenvalue weighted by molar-refractivity contribution is -0.116. The smallest absolute Gasteiger partial charge is 0.254 e. The van der Waals surface area contributed by atoms with E-state index in [9.17, 15) is 9.59 Å². The monoisotopic (exact) mass is 445 g/mol. The van der Waals surface area contributed by atoms with E-state index in [0.29, 0.717) is 25.2 Å². The van der Waals surface area contributed by atoms with E-state index in [4.69, 9.17) is 0 Å². The third-order valence-electron chi connectivity index (χ3n) is 6.31. The zero-order chi connectivity index (χ0) is 23.5. The molecule has 1 aliphatic rings. The Morgan fingerprint density at radius 3 is 2.36 bits per heavy atom. The van der Waals surface area contributed by atoms with Gasteiger partial charge < -0.3 is 14.7 Å². The van der Waals surface area contributed by atoms with Crippen molar-refractivity contribution in [3.8, 4) is 0 Å². The fourth-order valence-electron chi connectivity index (χ4n) is 4.26. The highest BCUT2D eigenvalue weighted by Crippen LogP contribution is 2.25. The minimum Gasteiger partial charge on any atom is -0.333 e. The summed E-state index contributed by atoms with van der Waals surface area (Å²) in [5, 5.41) is 0. The Kier molecular flexibility index (Phi) is 6.70. The summed E-state index contributed by atoms with van der Waals surface area (Å²) in [5.41, 5.74) is 5.71. The Balaban J connectivity index is 1.71. The van der Waals surface area contributed by atoms with Crippen LogP contribution in [-0.4, -0.2) is 64.8 Å². The summed E-state index contributed by atoms with van der Waals surface area (Å²) in [6.07, 6.45) is 0.875. The van der Waals surface area contributed by atoms with Crippen LogP contribution in [0.4, 0.5) is 5.69 Å². The van der Waals surface area contributed by atoms with E-state index >= 15 is 0 Å². The van der Waals surface area contributed by atoms with Gasteiger partial charge in [-0.15, -0.1) is 0 Å². The number of hydrogen-bond acceptors (Lipinski definition) is 5. The quantitative estimate of drug-likeness (QED) is 0.573. The van der Waals surface area contributed by atoms with Gasteiger partial charge in [-0.25, -0.2) is 9.97 Å². The average Bonchev–Trinajstić information content (AvgIpc) is 2.82. The summed E-state index contributed by atoms with van der Waals surface area (Å²) in [7, 11) is 2.06. The topological polar surface area (TPSA) is 69.6 Å². The SMILES string of the molecule is CC(=O)N1CCCN(C)CCN(C(=O)c2ccc3nc(C)c(C)nc3c2)Cc2ccccc21. The van der Waals surface area contributed by atoms with Gasteiger partial charge >= 0.3 is 0 Å². The van der Waals surface area contributed by atoms with Crippen LogP contribution in [0.15, 0.2) is 42.5 Å². The maximum Gasteiger partial charge on any atom is 0.254 e. The van der Waals surface area contributed by atoms with Gasteiger partial charge in [0, 0.05) is 44.4 Å². The Labute approximate surface area is 195 Å². The Hall–Kier alpha value is -3.32. The number of fused-ring (bicyclic) bond motifs is 2. The number of carbonyl (C=O) groups is 2. The van der Waals surface area contributed by atoms with Crippen LogP contribution in [0.2, 0.25) is 0 Å². The van der Waals surface area contributed by atoms with E-state index in [1.165, 1.54) is 0 Å². The van der Waals surface area contributed by atoms with Crippen molar-refractivity contribution in [2.24, 2.45) is 0 Å². The highest BCUT2D eigenvalue weighted by Gasteiger charge is 2.22. The molecule has 2 heterocycles. The number of carbonyl (C=O) groups excluding carboxylic acids is 2. The number of likely N-dealkylation sites (N-methyl/N-ethyl adjacent to an activating group) is 1. The van der Waals surface area contributed by atoms with Crippen molar-refractivity contribution in [3.63, 3.8) is 0 Å². The van der Waals surface area contributed by atoms with Crippen molar-refractivity contribution in [1.29, 1.82) is 0 Å². The molecular weight excluding hydrogens is 414 g/mol. The van der Waals surface area contributed by atoms with Crippen LogP contribution < -0.4 is 4.90 Å². The van der Waals surface area contributed by atoms with Gasteiger partial charge in [-0.3, -0.25) is 9.59 Å². The van der Waals surface area contributed by atoms with Crippen LogP contribution in [0.25, 0.3) is 11.0 Å². The summed E-state index contributed by atoms with van der Waals surface area (Å²) in [4.78, 5) is 41.2. The molecule has 0 atom stereocenters. The van der Waals surface area contributed by atoms with Gasteiger partial charge in [0.15, 0.2) is 0 Å². The second-order valence-corrected chi connectivity index (χ2v) is 8.78. The minimum absolute atomic E-state index is 0.0148. The van der Waals surface area contributed by atoms with E-state index in [1.807, 2.05) is 66.1 Å². The van der Waals surface area contributed by atoms with Crippen LogP contribution in [0.1, 0.15) is 40.7 Å². The van der Waals surface area contributed by atoms with E-state index in [-0.39, 0.29) is 11.8 Å². The van der Waals surface area contributed by atoms with Gasteiger partial charge in [-0.05, 0) is 63.7 Å². The number of aryl methyl sites for hydroxylation is 2. The lowest BCUT2D eigenvalue weighted by Gasteiger charge is -2.27. The molecule has 0 spiro atoms. The number of anilines is 1. The first-order valence-corrected chi connectivity index (χ1v) is 11.4. The van der Waals surface area contributed by atoms with Gasteiger partial charge in [-0.2, -0.15) is 0 Å². The Morgan fingerprint density at radius 1 is 0.879 bits per heavy atom. The van der Waals surface area contributed by atoms with Crippen molar-refractivity contribution >= 4 is 28.5 Å². The Morgan fingerprint density at radius 2 is 1.61 bits per heavy atom. The molecule has 0 fully saturated rings. The molecule has 7 nitrogen and oxygen atoms in total. The first-order valence-electron chi connectivity index (χ1n) is 11.4. The number of para-hydroxylation sites is 1. The molecular formula is C26H31N5O2. The number of aromatic nitrogens is 2. The first kappa shape index (κ1) is 22.9. The van der Waals surface area contributed by atoms with Crippen molar-refractivity contribution < 1.29 is 9.59 Å². The van der Waals surface area contributed by atoms with Crippen LogP contribution in [0, 0.1) is 13.8 Å². The van der Waals surface area contributed by atoms with Crippen molar-refractivity contribution in [2.75, 3.05) is 38.1 Å². The molecule has 33 heavy (non-hydrogen) atoms. The molecule has 0 saturated heterocycles. The lowest BCUT2D eigenvalue weighted by Crippen LogP contribution is -2.37. The molecule has 0 saturated carbocycles. The second kappa shape index (κ2) is 9.67. The predicted octanol–water partition coefficient (Wildman–Crippen LogP) is 3.58. The van der Waals surface area contributed by atoms with Crippen LogP contribution >= 0.6 is 0 Å². The summed E-state index contributed by atoms with van der Waals surface area (Å²) in [5.74, 6) is -0.0326. The predicted molar refractivity (Wildman–Crippen MR) is 130 cm³/mol. The van der Waals surface area contributed by atoms with E-state index in [0.717, 1.165) is 53.2 Å². The number of benzene rings is 2. The normalized spacial score (nSPS) is 15.8. The van der Waals surface area contributed by atoms with Crippen LogP contribution in [0.5, 0.6) is 0 Å². The summed E-state index contributed by atoms with van der Waals surface area (Å²) < 4.78 is 0. The number of nitrogens with zero attached hydrogens (tertiary/aromatic N) is 5. The van der Waals surface area contributed by atoms with Crippen molar-refractivity contribution in [2.45, 2.75) is 33.7 Å². The number of hydrogen-bond donors (Lipinski definition) is 0. The zero-order valence-electron chi connectivity index (χ0n) is 19.8. The molecule has 172 valence electrons. The second-order valence-electron chi connectivity index (χ2n) is 8.78. The summed E-state index contributed by atoms with van der Waals surface area (Å²) in [6.45, 7) is 8.78.